The standard InChI is InChI=1S/C30H43ClN2O6/c1-8-23(31)20-24(34)15-12-18-32-28(36)27(30(4,5)6)33-26(35)17-10-9-13-21(2)19-22(3)14-11-16-25(39-7)29(37)38/h8-14,16-19,22,24,27,34H,15,20H2,1-7H3,(H,32,36)(H,33,35)(H,37,38)/b13-9-,14-11+,17-10-,18-12-,21-19+,23-8+,25-16+/t22-,24-,27-/m1/s1. The highest BCUT2D eigenvalue weighted by Gasteiger charge is 2.31. The summed E-state index contributed by atoms with van der Waals surface area (Å²) in [6.07, 6.45) is 18.1. The summed E-state index contributed by atoms with van der Waals surface area (Å²) in [6.45, 7) is 11.2. The van der Waals surface area contributed by atoms with Crippen LogP contribution in [0.4, 0.5) is 0 Å². The number of methoxy groups -OCH3 is 1. The molecule has 0 aromatic carbocycles. The van der Waals surface area contributed by atoms with Crippen LogP contribution in [0, 0.1) is 11.3 Å². The summed E-state index contributed by atoms with van der Waals surface area (Å²) in [6, 6.07) is -0.784. The second kappa shape index (κ2) is 18.8. The topological polar surface area (TPSA) is 125 Å². The van der Waals surface area contributed by atoms with Crippen LogP contribution >= 0.6 is 11.6 Å². The molecule has 2 amide bonds. The van der Waals surface area contributed by atoms with Gasteiger partial charge in [0, 0.05) is 17.5 Å². The van der Waals surface area contributed by atoms with Gasteiger partial charge in [-0.25, -0.2) is 4.79 Å². The molecule has 0 aromatic heterocycles. The highest BCUT2D eigenvalue weighted by molar-refractivity contribution is 6.29. The van der Waals surface area contributed by atoms with Crippen molar-refractivity contribution in [3.63, 3.8) is 0 Å². The number of aliphatic hydroxyl groups excluding tert-OH is 1. The second-order valence-electron chi connectivity index (χ2n) is 9.96. The summed E-state index contributed by atoms with van der Waals surface area (Å²) in [5.74, 6) is -2.02. The molecule has 0 unspecified atom stereocenters. The number of allylic oxidation sites excluding steroid dienone is 9. The summed E-state index contributed by atoms with van der Waals surface area (Å²) in [7, 11) is 1.30. The van der Waals surface area contributed by atoms with Crippen molar-refractivity contribution < 1.29 is 29.3 Å². The SMILES string of the molecule is C/C=C(/Cl)C[C@H](O)C/C=C\NC(=O)[C@@H](NC(=O)\C=C/C=C\C(C)=C\[C@H](C)/C=C/C=C(/OC)C(=O)O)C(C)(C)C. The van der Waals surface area contributed by atoms with Gasteiger partial charge in [0.25, 0.3) is 0 Å². The van der Waals surface area contributed by atoms with E-state index in [1.54, 1.807) is 37.3 Å². The molecule has 0 aliphatic heterocycles. The number of nitrogens with one attached hydrogen (secondary N) is 2. The number of hydrogen-bond donors (Lipinski definition) is 4. The largest absolute Gasteiger partial charge is 0.490 e. The molecule has 0 spiro atoms. The molecule has 0 aromatic rings. The first-order valence-electron chi connectivity index (χ1n) is 12.6. The molecule has 0 heterocycles. The molecule has 0 fully saturated rings. The lowest BCUT2D eigenvalue weighted by Crippen LogP contribution is -2.52. The fourth-order valence-corrected chi connectivity index (χ4v) is 3.34. The Hall–Kier alpha value is -3.36. The Kier molecular flexibility index (Phi) is 17.2. The number of hydrogen-bond acceptors (Lipinski definition) is 5. The molecule has 0 rings (SSSR count). The monoisotopic (exact) mass is 562 g/mol. The van der Waals surface area contributed by atoms with Crippen molar-refractivity contribution in [2.45, 2.75) is 66.5 Å². The summed E-state index contributed by atoms with van der Waals surface area (Å²) in [5, 5.41) is 24.8. The smallest absolute Gasteiger partial charge is 0.371 e. The predicted molar refractivity (Wildman–Crippen MR) is 157 cm³/mol. The van der Waals surface area contributed by atoms with Crippen LogP contribution in [0.25, 0.3) is 0 Å². The third kappa shape index (κ3) is 17.0. The van der Waals surface area contributed by atoms with E-state index in [9.17, 15) is 19.5 Å². The van der Waals surface area contributed by atoms with Crippen molar-refractivity contribution in [2.24, 2.45) is 11.3 Å². The van der Waals surface area contributed by atoms with E-state index < -0.39 is 29.4 Å². The molecule has 3 atom stereocenters. The molecule has 216 valence electrons. The molecule has 39 heavy (non-hydrogen) atoms. The van der Waals surface area contributed by atoms with Gasteiger partial charge in [0.15, 0.2) is 0 Å². The first-order valence-corrected chi connectivity index (χ1v) is 13.0. The van der Waals surface area contributed by atoms with Crippen molar-refractivity contribution in [1.82, 2.24) is 10.6 Å². The molecule has 0 bridgehead atoms. The van der Waals surface area contributed by atoms with Crippen LogP contribution in [0.2, 0.25) is 0 Å². The van der Waals surface area contributed by atoms with E-state index in [1.165, 1.54) is 25.5 Å². The van der Waals surface area contributed by atoms with E-state index in [0.29, 0.717) is 17.9 Å². The van der Waals surface area contributed by atoms with Crippen LogP contribution in [-0.4, -0.2) is 47.3 Å². The molecule has 0 aliphatic carbocycles. The number of ether oxygens (including phenoxy) is 1. The van der Waals surface area contributed by atoms with Crippen molar-refractivity contribution in [3.8, 4) is 0 Å². The molecule has 4 N–H and O–H groups in total. The Morgan fingerprint density at radius 2 is 1.74 bits per heavy atom. The van der Waals surface area contributed by atoms with E-state index >= 15 is 0 Å². The molecule has 0 radical (unpaired) electrons. The number of aliphatic hydroxyl groups is 1. The fourth-order valence-electron chi connectivity index (χ4n) is 3.16. The number of halogens is 1. The van der Waals surface area contributed by atoms with Gasteiger partial charge in [-0.05, 0) is 43.9 Å². The molecular weight excluding hydrogens is 520 g/mol. The predicted octanol–water partition coefficient (Wildman–Crippen LogP) is 5.30. The van der Waals surface area contributed by atoms with Gasteiger partial charge >= 0.3 is 5.97 Å². The quantitative estimate of drug-likeness (QED) is 0.122. The van der Waals surface area contributed by atoms with Crippen molar-refractivity contribution in [1.29, 1.82) is 0 Å². The Bertz CT molecular complexity index is 1030. The number of amides is 2. The average molecular weight is 563 g/mol. The highest BCUT2D eigenvalue weighted by atomic mass is 35.5. The lowest BCUT2D eigenvalue weighted by Gasteiger charge is -2.29. The highest BCUT2D eigenvalue weighted by Crippen LogP contribution is 2.19. The molecule has 0 saturated heterocycles. The fraction of sp³-hybridized carbons (Fsp3) is 0.433. The summed E-state index contributed by atoms with van der Waals surface area (Å²) in [5.41, 5.74) is 0.409. The van der Waals surface area contributed by atoms with Gasteiger partial charge in [-0.2, -0.15) is 0 Å². The normalized spacial score (nSPS) is 16.2. The number of carboxylic acids is 1. The molecule has 0 aliphatic rings. The van der Waals surface area contributed by atoms with Gasteiger partial charge in [0.05, 0.1) is 13.2 Å². The van der Waals surface area contributed by atoms with E-state index in [4.69, 9.17) is 21.4 Å². The Morgan fingerprint density at radius 1 is 1.10 bits per heavy atom. The zero-order valence-corrected chi connectivity index (χ0v) is 24.7. The lowest BCUT2D eigenvalue weighted by atomic mass is 9.86. The summed E-state index contributed by atoms with van der Waals surface area (Å²) < 4.78 is 4.76. The van der Waals surface area contributed by atoms with Crippen LogP contribution in [0.5, 0.6) is 0 Å². The van der Waals surface area contributed by atoms with Crippen molar-refractivity contribution >= 4 is 29.4 Å². The van der Waals surface area contributed by atoms with E-state index in [0.717, 1.165) is 5.57 Å². The lowest BCUT2D eigenvalue weighted by molar-refractivity contribution is -0.136. The zero-order chi connectivity index (χ0) is 30.0. The maximum atomic E-state index is 12.7. The second-order valence-corrected chi connectivity index (χ2v) is 10.4. The van der Waals surface area contributed by atoms with Gasteiger partial charge in [0.1, 0.15) is 6.04 Å². The molecule has 0 saturated carbocycles. The van der Waals surface area contributed by atoms with E-state index in [1.807, 2.05) is 52.8 Å². The maximum Gasteiger partial charge on any atom is 0.371 e. The Balaban J connectivity index is 4.98. The minimum Gasteiger partial charge on any atom is -0.490 e. The minimum absolute atomic E-state index is 0.0411. The summed E-state index contributed by atoms with van der Waals surface area (Å²) in [4.78, 5) is 36.1. The molecule has 8 nitrogen and oxygen atoms in total. The Morgan fingerprint density at radius 3 is 2.31 bits per heavy atom. The van der Waals surface area contributed by atoms with Crippen LogP contribution in [0.15, 0.2) is 83.3 Å². The minimum atomic E-state index is -1.13. The number of carbonyl (C=O) groups is 3. The third-order valence-electron chi connectivity index (χ3n) is 5.25. The van der Waals surface area contributed by atoms with Crippen molar-refractivity contribution in [2.75, 3.05) is 7.11 Å². The van der Waals surface area contributed by atoms with Gasteiger partial charge in [0.2, 0.25) is 17.6 Å². The van der Waals surface area contributed by atoms with E-state index in [-0.39, 0.29) is 17.6 Å². The van der Waals surface area contributed by atoms with Gasteiger partial charge in [-0.15, -0.1) is 0 Å². The van der Waals surface area contributed by atoms with Crippen molar-refractivity contribution in [3.05, 3.63) is 83.3 Å². The van der Waals surface area contributed by atoms with Crippen LogP contribution in [0.1, 0.15) is 54.4 Å². The number of aliphatic carboxylic acids is 1. The summed E-state index contributed by atoms with van der Waals surface area (Å²) >= 11 is 5.91. The number of carbonyl (C=O) groups excluding carboxylic acids is 2. The number of carboxylic acid groups (broad SMARTS) is 1. The maximum absolute atomic E-state index is 12.7. The van der Waals surface area contributed by atoms with Gasteiger partial charge < -0.3 is 25.6 Å². The van der Waals surface area contributed by atoms with Gasteiger partial charge in [-0.1, -0.05) is 93.5 Å². The zero-order valence-electron chi connectivity index (χ0n) is 23.9. The first kappa shape index (κ1) is 35.6. The van der Waals surface area contributed by atoms with Crippen LogP contribution < -0.4 is 10.6 Å². The van der Waals surface area contributed by atoms with Crippen LogP contribution in [0.3, 0.4) is 0 Å². The van der Waals surface area contributed by atoms with E-state index in [2.05, 4.69) is 10.6 Å². The molecule has 9 heteroatoms. The van der Waals surface area contributed by atoms with Gasteiger partial charge in [-0.3, -0.25) is 9.59 Å². The number of rotatable bonds is 15. The first-order chi connectivity index (χ1) is 18.2. The third-order valence-corrected chi connectivity index (χ3v) is 5.62. The molecular formula is C30H43ClN2O6. The van der Waals surface area contributed by atoms with Crippen LogP contribution in [-0.2, 0) is 19.1 Å². The Labute approximate surface area is 237 Å². The average Bonchev–Trinajstić information content (AvgIpc) is 2.84.